The number of hydrogen-bond acceptors (Lipinski definition) is 18. The minimum absolute atomic E-state index is 0.220. The van der Waals surface area contributed by atoms with E-state index in [2.05, 4.69) is 128 Å². The van der Waals surface area contributed by atoms with Gasteiger partial charge in [-0.2, -0.15) is 0 Å². The molecule has 0 aliphatic carbocycles. The van der Waals surface area contributed by atoms with Crippen molar-refractivity contribution >= 4 is 5.91 Å². The van der Waals surface area contributed by atoms with Gasteiger partial charge in [0.1, 0.15) is 73.2 Å². The molecule has 3 rings (SSSR count). The maximum Gasteiger partial charge on any atom is 0.220 e. The SMILES string of the molecule is C/C=C/CC/C=C/CC/C=C/C(O)C(COC1OC(CO)C(OC2OC(CO)C(OC3OC(CO)C(O)C(O)C3O)C(O)C2O)C(O)C1O)NC(=O)CCCCCCCCCCCCCC/C=C\C/C=C\C/C=C\C/C=C\C/C=C\C/C=C\C/C=C\C/C=C\CC. The lowest BCUT2D eigenvalue weighted by Crippen LogP contribution is -2.66. The summed E-state index contributed by atoms with van der Waals surface area (Å²) in [7, 11) is 0. The molecule has 0 bridgehead atoms. The summed E-state index contributed by atoms with van der Waals surface area (Å²) < 4.78 is 34.2. The number of hydrogen-bond donors (Lipinski definition) is 12. The molecular weight excluding hydrogens is 1170 g/mol. The number of aliphatic hydroxyl groups excluding tert-OH is 11. The van der Waals surface area contributed by atoms with Crippen molar-refractivity contribution in [2.24, 2.45) is 0 Å². The van der Waals surface area contributed by atoms with E-state index >= 15 is 0 Å². The Morgan fingerprint density at radius 3 is 1.23 bits per heavy atom. The monoisotopic (exact) mass is 1280 g/mol. The molecule has 3 heterocycles. The molecule has 0 saturated carbocycles. The van der Waals surface area contributed by atoms with Crippen molar-refractivity contribution in [1.82, 2.24) is 5.32 Å². The summed E-state index contributed by atoms with van der Waals surface area (Å²) in [6, 6.07) is -1.00. The fraction of sp³-hybridized carbons (Fsp3) is 0.681. The third kappa shape index (κ3) is 34.3. The highest BCUT2D eigenvalue weighted by Gasteiger charge is 2.53. The highest BCUT2D eigenvalue weighted by molar-refractivity contribution is 5.76. The first-order valence-corrected chi connectivity index (χ1v) is 33.9. The average molecular weight is 1280 g/mol. The lowest BCUT2D eigenvalue weighted by molar-refractivity contribution is -0.379. The van der Waals surface area contributed by atoms with Crippen LogP contribution in [0, 0.1) is 0 Å². The molecule has 17 unspecified atom stereocenters. The number of amides is 1. The lowest BCUT2D eigenvalue weighted by Gasteiger charge is -2.48. The van der Waals surface area contributed by atoms with Crippen molar-refractivity contribution in [2.45, 2.75) is 285 Å². The zero-order chi connectivity index (χ0) is 66.1. The minimum Gasteiger partial charge on any atom is -0.394 e. The Morgan fingerprint density at radius 1 is 0.418 bits per heavy atom. The van der Waals surface area contributed by atoms with E-state index in [1.165, 1.54) is 44.9 Å². The summed E-state index contributed by atoms with van der Waals surface area (Å²) in [5.41, 5.74) is 0. The third-order valence-electron chi connectivity index (χ3n) is 16.0. The highest BCUT2D eigenvalue weighted by atomic mass is 16.8. The molecule has 19 nitrogen and oxygen atoms in total. The van der Waals surface area contributed by atoms with Gasteiger partial charge in [0, 0.05) is 6.42 Å². The van der Waals surface area contributed by atoms with Crippen LogP contribution in [-0.2, 0) is 33.2 Å². The molecule has 518 valence electrons. The van der Waals surface area contributed by atoms with Crippen molar-refractivity contribution in [2.75, 3.05) is 26.4 Å². The van der Waals surface area contributed by atoms with Crippen LogP contribution in [0.15, 0.2) is 134 Å². The molecule has 3 saturated heterocycles. The lowest BCUT2D eigenvalue weighted by atomic mass is 9.96. The van der Waals surface area contributed by atoms with Gasteiger partial charge in [-0.25, -0.2) is 0 Å². The number of carbonyl (C=O) groups excluding carboxylic acids is 1. The van der Waals surface area contributed by atoms with E-state index in [0.29, 0.717) is 12.8 Å². The first-order valence-electron chi connectivity index (χ1n) is 33.9. The standard InChI is InChI=1S/C72H117NO18/c1-3-5-7-9-11-13-14-15-16-17-18-19-20-21-22-23-24-25-26-27-28-29-30-31-32-33-34-35-36-37-38-39-40-42-44-46-48-50-60(78)73-55(56(77)49-47-45-43-41-12-10-8-6-4-2)54-86-70-66(84)63(81)68(58(52-75)88-70)91-72-67(85)64(82)69(59(53-76)89-72)90-71-65(83)62(80)61(79)57(51-74)87-71/h4-7,11-13,15-16,18-19,21-22,24-25,27-28,30-31,41,47,49,55-59,61-72,74-77,79-85H,3,8-10,14,17,20,23,26,29,32-40,42-46,48,50-54H2,1-2H3,(H,73,78)/b6-4+,7-5-,13-11-,16-15-,19-18-,22-21-,25-24-,28-27-,31-30-,41-12+,49-47+. The summed E-state index contributed by atoms with van der Waals surface area (Å²) in [6.07, 6.45) is 46.3. The fourth-order valence-electron chi connectivity index (χ4n) is 10.5. The Balaban J connectivity index is 1.32. The number of ether oxygens (including phenoxy) is 6. The predicted molar refractivity (Wildman–Crippen MR) is 355 cm³/mol. The molecule has 0 radical (unpaired) electrons. The Morgan fingerprint density at radius 2 is 0.780 bits per heavy atom. The fourth-order valence-corrected chi connectivity index (χ4v) is 10.5. The van der Waals surface area contributed by atoms with Crippen molar-refractivity contribution < 1.29 is 89.4 Å². The number of rotatable bonds is 49. The number of allylic oxidation sites excluding steroid dienone is 21. The van der Waals surface area contributed by atoms with Gasteiger partial charge >= 0.3 is 0 Å². The third-order valence-corrected chi connectivity index (χ3v) is 16.0. The predicted octanol–water partition coefficient (Wildman–Crippen LogP) is 8.60. The molecule has 0 spiro atoms. The van der Waals surface area contributed by atoms with Crippen LogP contribution in [0.3, 0.4) is 0 Å². The highest BCUT2D eigenvalue weighted by Crippen LogP contribution is 2.33. The second-order valence-electron chi connectivity index (χ2n) is 23.5. The molecular formula is C72H117NO18. The first kappa shape index (κ1) is 81.2. The van der Waals surface area contributed by atoms with E-state index in [4.69, 9.17) is 28.4 Å². The maximum atomic E-state index is 13.3. The second-order valence-corrected chi connectivity index (χ2v) is 23.5. The molecule has 17 atom stereocenters. The van der Waals surface area contributed by atoms with Gasteiger partial charge in [0.2, 0.25) is 5.91 Å². The van der Waals surface area contributed by atoms with Crippen LogP contribution < -0.4 is 5.32 Å². The van der Waals surface area contributed by atoms with E-state index in [1.807, 2.05) is 13.0 Å². The molecule has 1 amide bonds. The molecule has 12 N–H and O–H groups in total. The smallest absolute Gasteiger partial charge is 0.220 e. The molecule has 0 aromatic carbocycles. The van der Waals surface area contributed by atoms with Gasteiger partial charge in [0.05, 0.1) is 38.6 Å². The number of unbranched alkanes of at least 4 members (excludes halogenated alkanes) is 14. The number of aliphatic hydroxyl groups is 11. The molecule has 3 aliphatic heterocycles. The van der Waals surface area contributed by atoms with Gasteiger partial charge in [-0.05, 0) is 103 Å². The van der Waals surface area contributed by atoms with Crippen LogP contribution in [0.5, 0.6) is 0 Å². The van der Waals surface area contributed by atoms with E-state index in [9.17, 15) is 61.0 Å². The van der Waals surface area contributed by atoms with Crippen LogP contribution in [0.1, 0.15) is 181 Å². The topological polar surface area (TPSA) is 307 Å². The summed E-state index contributed by atoms with van der Waals surface area (Å²) in [4.78, 5) is 13.3. The van der Waals surface area contributed by atoms with E-state index < -0.39 is 124 Å². The second kappa shape index (κ2) is 52.2. The van der Waals surface area contributed by atoms with Crippen molar-refractivity contribution in [3.63, 3.8) is 0 Å². The zero-order valence-electron chi connectivity index (χ0n) is 54.5. The van der Waals surface area contributed by atoms with Crippen LogP contribution in [0.25, 0.3) is 0 Å². The minimum atomic E-state index is -1.99. The van der Waals surface area contributed by atoms with Gasteiger partial charge < -0.3 is 89.9 Å². The van der Waals surface area contributed by atoms with Crippen molar-refractivity contribution in [1.29, 1.82) is 0 Å². The van der Waals surface area contributed by atoms with Gasteiger partial charge in [0.25, 0.3) is 0 Å². The quantitative estimate of drug-likeness (QED) is 0.0200. The van der Waals surface area contributed by atoms with Gasteiger partial charge in [-0.3, -0.25) is 4.79 Å². The largest absolute Gasteiger partial charge is 0.394 e. The zero-order valence-corrected chi connectivity index (χ0v) is 54.5. The van der Waals surface area contributed by atoms with E-state index in [1.54, 1.807) is 12.2 Å². The first-order chi connectivity index (χ1) is 44.3. The van der Waals surface area contributed by atoms with E-state index in [-0.39, 0.29) is 18.9 Å². The Bertz CT molecular complexity index is 2170. The van der Waals surface area contributed by atoms with Gasteiger partial charge in [-0.1, -0.05) is 205 Å². The van der Waals surface area contributed by atoms with Crippen LogP contribution in [0.4, 0.5) is 0 Å². The van der Waals surface area contributed by atoms with Crippen LogP contribution in [0.2, 0.25) is 0 Å². The molecule has 3 aliphatic rings. The normalized spacial score (nSPS) is 28.7. The Kier molecular flexibility index (Phi) is 46.6. The summed E-state index contributed by atoms with van der Waals surface area (Å²) >= 11 is 0. The van der Waals surface area contributed by atoms with Crippen molar-refractivity contribution in [3.8, 4) is 0 Å². The van der Waals surface area contributed by atoms with Crippen LogP contribution >= 0.6 is 0 Å². The summed E-state index contributed by atoms with van der Waals surface area (Å²) in [5.74, 6) is -0.302. The molecule has 19 heteroatoms. The molecule has 3 fully saturated rings. The van der Waals surface area contributed by atoms with Gasteiger partial charge in [-0.15, -0.1) is 0 Å². The van der Waals surface area contributed by atoms with E-state index in [0.717, 1.165) is 103 Å². The molecule has 91 heavy (non-hydrogen) atoms. The van der Waals surface area contributed by atoms with Gasteiger partial charge in [0.15, 0.2) is 18.9 Å². The average Bonchev–Trinajstić information content (AvgIpc) is 0.878. The number of nitrogens with one attached hydrogen (secondary N) is 1. The van der Waals surface area contributed by atoms with Crippen molar-refractivity contribution in [3.05, 3.63) is 134 Å². The Hall–Kier alpha value is -4.07. The summed E-state index contributed by atoms with van der Waals surface area (Å²) in [6.45, 7) is 1.31. The van der Waals surface area contributed by atoms with Crippen LogP contribution in [-0.4, -0.2) is 193 Å². The molecule has 0 aromatic rings. The molecule has 0 aromatic heterocycles. The Labute approximate surface area is 543 Å². The maximum absolute atomic E-state index is 13.3. The number of carbonyl (C=O) groups is 1. The summed E-state index contributed by atoms with van der Waals surface area (Å²) in [5, 5.41) is 120.